The van der Waals surface area contributed by atoms with Gasteiger partial charge < -0.3 is 10.1 Å². The van der Waals surface area contributed by atoms with Crippen molar-refractivity contribution in [2.75, 3.05) is 19.0 Å². The van der Waals surface area contributed by atoms with E-state index in [9.17, 15) is 0 Å². The van der Waals surface area contributed by atoms with Crippen LogP contribution in [0.15, 0.2) is 4.47 Å². The number of nitrogens with one attached hydrogen (secondary N) is 1. The summed E-state index contributed by atoms with van der Waals surface area (Å²) in [5.74, 6) is 4.21. The van der Waals surface area contributed by atoms with Crippen LogP contribution in [0.1, 0.15) is 56.5 Å². The lowest BCUT2D eigenvalue weighted by atomic mass is 9.88. The van der Waals surface area contributed by atoms with Crippen LogP contribution in [0, 0.1) is 11.8 Å². The van der Waals surface area contributed by atoms with Crippen LogP contribution in [0.3, 0.4) is 0 Å². The van der Waals surface area contributed by atoms with Crippen LogP contribution in [0.2, 0.25) is 0 Å². The smallest absolute Gasteiger partial charge is 0.144 e. The molecule has 1 aromatic rings. The highest BCUT2D eigenvalue weighted by Crippen LogP contribution is 2.52. The van der Waals surface area contributed by atoms with E-state index in [-0.39, 0.29) is 0 Å². The van der Waals surface area contributed by atoms with Crippen molar-refractivity contribution in [3.63, 3.8) is 0 Å². The molecule has 0 amide bonds. The predicted molar refractivity (Wildman–Crippen MR) is 87.4 cm³/mol. The lowest BCUT2D eigenvalue weighted by Gasteiger charge is -2.22. The van der Waals surface area contributed by atoms with E-state index in [4.69, 9.17) is 14.7 Å². The third-order valence-electron chi connectivity index (χ3n) is 4.83. The molecule has 1 aromatic heterocycles. The second-order valence-electron chi connectivity index (χ2n) is 6.33. The van der Waals surface area contributed by atoms with Gasteiger partial charge >= 0.3 is 0 Å². The minimum atomic E-state index is 0.526. The van der Waals surface area contributed by atoms with Gasteiger partial charge in [-0.2, -0.15) is 0 Å². The van der Waals surface area contributed by atoms with Crippen molar-refractivity contribution in [2.24, 2.45) is 11.8 Å². The van der Waals surface area contributed by atoms with Gasteiger partial charge in [0.2, 0.25) is 0 Å². The Hall–Kier alpha value is -0.680. The Labute approximate surface area is 135 Å². The van der Waals surface area contributed by atoms with E-state index >= 15 is 0 Å². The molecule has 2 saturated carbocycles. The van der Waals surface area contributed by atoms with Gasteiger partial charge in [0.05, 0.1) is 16.8 Å². The molecule has 4 nitrogen and oxygen atoms in total. The number of fused-ring (bicyclic) bond motifs is 2. The molecule has 0 spiro atoms. The number of ether oxygens (including phenoxy) is 1. The van der Waals surface area contributed by atoms with Gasteiger partial charge in [-0.1, -0.05) is 13.3 Å². The molecule has 3 rings (SSSR count). The fourth-order valence-electron chi connectivity index (χ4n) is 3.83. The highest BCUT2D eigenvalue weighted by molar-refractivity contribution is 9.10. The number of hydrogen-bond donors (Lipinski definition) is 1. The van der Waals surface area contributed by atoms with Crippen LogP contribution in [0.25, 0.3) is 0 Å². The number of nitrogens with zero attached hydrogens (tertiary/aromatic N) is 2. The van der Waals surface area contributed by atoms with Gasteiger partial charge in [-0.15, -0.1) is 0 Å². The Kier molecular flexibility index (Phi) is 4.79. The van der Waals surface area contributed by atoms with Gasteiger partial charge in [-0.3, -0.25) is 0 Å². The third kappa shape index (κ3) is 3.09. The minimum Gasteiger partial charge on any atom is -0.378 e. The van der Waals surface area contributed by atoms with Crippen LogP contribution in [-0.2, 0) is 11.3 Å². The van der Waals surface area contributed by atoms with E-state index in [1.165, 1.54) is 25.7 Å². The Morgan fingerprint density at radius 3 is 2.76 bits per heavy atom. The van der Waals surface area contributed by atoms with Crippen molar-refractivity contribution in [2.45, 2.75) is 51.6 Å². The summed E-state index contributed by atoms with van der Waals surface area (Å²) in [6.07, 6.45) is 6.49. The molecule has 0 aliphatic heterocycles. The highest BCUT2D eigenvalue weighted by Gasteiger charge is 2.41. The molecule has 21 heavy (non-hydrogen) atoms. The first-order valence-electron chi connectivity index (χ1n) is 8.02. The van der Waals surface area contributed by atoms with E-state index in [0.717, 1.165) is 46.6 Å². The zero-order valence-corrected chi connectivity index (χ0v) is 14.4. The lowest BCUT2D eigenvalue weighted by molar-refractivity contribution is 0.180. The molecule has 0 aromatic carbocycles. The maximum absolute atomic E-state index is 5.30. The van der Waals surface area contributed by atoms with Crippen LogP contribution in [-0.4, -0.2) is 23.6 Å². The van der Waals surface area contributed by atoms with Gasteiger partial charge in [-0.05, 0) is 53.4 Å². The molecule has 2 aliphatic rings. The van der Waals surface area contributed by atoms with Gasteiger partial charge in [-0.25, -0.2) is 9.97 Å². The van der Waals surface area contributed by atoms with E-state index in [0.29, 0.717) is 12.5 Å². The van der Waals surface area contributed by atoms with Crippen molar-refractivity contribution in [3.8, 4) is 0 Å². The van der Waals surface area contributed by atoms with E-state index in [1.807, 2.05) is 0 Å². The summed E-state index contributed by atoms with van der Waals surface area (Å²) in [6, 6.07) is 0. The van der Waals surface area contributed by atoms with Crippen LogP contribution in [0.4, 0.5) is 5.82 Å². The normalized spacial score (nSPS) is 27.3. The predicted octanol–water partition coefficient (Wildman–Crippen LogP) is 4.11. The zero-order chi connectivity index (χ0) is 14.8. The molecule has 3 unspecified atom stereocenters. The second kappa shape index (κ2) is 6.61. The quantitative estimate of drug-likeness (QED) is 0.835. The van der Waals surface area contributed by atoms with Crippen molar-refractivity contribution >= 4 is 21.7 Å². The SMILES string of the molecule is CCCNc1nc(C2CC3CCC2C3)nc(COC)c1Br. The summed E-state index contributed by atoms with van der Waals surface area (Å²) in [5.41, 5.74) is 0.962. The van der Waals surface area contributed by atoms with Crippen molar-refractivity contribution < 1.29 is 4.74 Å². The fourth-order valence-corrected chi connectivity index (χ4v) is 4.26. The second-order valence-corrected chi connectivity index (χ2v) is 7.13. The Bertz CT molecular complexity index is 509. The zero-order valence-electron chi connectivity index (χ0n) is 12.9. The minimum absolute atomic E-state index is 0.526. The molecule has 2 bridgehead atoms. The summed E-state index contributed by atoms with van der Waals surface area (Å²) in [4.78, 5) is 9.64. The van der Waals surface area contributed by atoms with E-state index in [1.54, 1.807) is 7.11 Å². The number of anilines is 1. The lowest BCUT2D eigenvalue weighted by Crippen LogP contribution is -2.16. The first-order chi connectivity index (χ1) is 10.2. The molecule has 1 N–H and O–H groups in total. The van der Waals surface area contributed by atoms with Gasteiger partial charge in [0, 0.05) is 19.6 Å². The van der Waals surface area contributed by atoms with Gasteiger partial charge in [0.1, 0.15) is 11.6 Å². The Morgan fingerprint density at radius 1 is 1.29 bits per heavy atom. The molecule has 2 fully saturated rings. The monoisotopic (exact) mass is 353 g/mol. The summed E-state index contributed by atoms with van der Waals surface area (Å²) in [5, 5.41) is 3.42. The summed E-state index contributed by atoms with van der Waals surface area (Å²) in [6.45, 7) is 3.62. The summed E-state index contributed by atoms with van der Waals surface area (Å²) in [7, 11) is 1.71. The average Bonchev–Trinajstić information content (AvgIpc) is 3.11. The topological polar surface area (TPSA) is 47.0 Å². The van der Waals surface area contributed by atoms with Crippen molar-refractivity contribution in [1.29, 1.82) is 0 Å². The molecular weight excluding hydrogens is 330 g/mol. The van der Waals surface area contributed by atoms with Crippen molar-refractivity contribution in [3.05, 3.63) is 16.0 Å². The number of aromatic nitrogens is 2. The maximum atomic E-state index is 5.30. The molecule has 0 saturated heterocycles. The highest BCUT2D eigenvalue weighted by atomic mass is 79.9. The number of rotatable bonds is 6. The van der Waals surface area contributed by atoms with E-state index in [2.05, 4.69) is 28.2 Å². The van der Waals surface area contributed by atoms with Gasteiger partial charge in [0.15, 0.2) is 0 Å². The first-order valence-corrected chi connectivity index (χ1v) is 8.81. The largest absolute Gasteiger partial charge is 0.378 e. The average molecular weight is 354 g/mol. The Balaban J connectivity index is 1.90. The molecule has 3 atom stereocenters. The van der Waals surface area contributed by atoms with Crippen molar-refractivity contribution in [1.82, 2.24) is 9.97 Å². The standard InChI is InChI=1S/C16H24BrN3O/c1-3-6-18-16-14(17)13(9-21-2)19-15(20-16)12-8-10-4-5-11(12)7-10/h10-12H,3-9H2,1-2H3,(H,18,19,20). The van der Waals surface area contributed by atoms with Crippen LogP contribution >= 0.6 is 15.9 Å². The number of hydrogen-bond acceptors (Lipinski definition) is 4. The van der Waals surface area contributed by atoms with Crippen LogP contribution in [0.5, 0.6) is 0 Å². The molecule has 1 heterocycles. The molecule has 116 valence electrons. The van der Waals surface area contributed by atoms with Gasteiger partial charge in [0.25, 0.3) is 0 Å². The number of halogens is 1. The Morgan fingerprint density at radius 2 is 2.14 bits per heavy atom. The molecular formula is C16H24BrN3O. The maximum Gasteiger partial charge on any atom is 0.144 e. The molecule has 2 aliphatic carbocycles. The summed E-state index contributed by atoms with van der Waals surface area (Å²) < 4.78 is 6.25. The molecule has 5 heteroatoms. The third-order valence-corrected chi connectivity index (χ3v) is 5.66. The fraction of sp³-hybridized carbons (Fsp3) is 0.750. The first kappa shape index (κ1) is 15.2. The molecule has 0 radical (unpaired) electrons. The van der Waals surface area contributed by atoms with Crippen LogP contribution < -0.4 is 5.32 Å². The summed E-state index contributed by atoms with van der Waals surface area (Å²) >= 11 is 3.63. The van der Waals surface area contributed by atoms with E-state index < -0.39 is 0 Å². The number of methoxy groups -OCH3 is 1.